The van der Waals surface area contributed by atoms with E-state index in [-0.39, 0.29) is 6.03 Å². The number of amides is 2. The van der Waals surface area contributed by atoms with Crippen LogP contribution < -0.4 is 4.90 Å². The van der Waals surface area contributed by atoms with Crippen molar-refractivity contribution in [2.75, 3.05) is 24.5 Å². The predicted molar refractivity (Wildman–Crippen MR) is 66.0 cm³/mol. The molecule has 4 nitrogen and oxygen atoms in total. The number of carbonyl (C=O) groups is 1. The van der Waals surface area contributed by atoms with Crippen molar-refractivity contribution in [1.29, 1.82) is 0 Å². The van der Waals surface area contributed by atoms with Crippen molar-refractivity contribution in [3.8, 4) is 0 Å². The molecule has 1 saturated heterocycles. The highest BCUT2D eigenvalue weighted by Gasteiger charge is 2.31. The fourth-order valence-corrected chi connectivity index (χ4v) is 2.66. The molecule has 0 atom stereocenters. The van der Waals surface area contributed by atoms with Gasteiger partial charge in [0.1, 0.15) is 0 Å². The molecule has 0 saturated carbocycles. The summed E-state index contributed by atoms with van der Waals surface area (Å²) in [6.07, 6.45) is 0. The number of rotatable bonds is 3. The highest BCUT2D eigenvalue weighted by atomic mass is 32.1. The molecule has 1 aromatic heterocycles. The van der Waals surface area contributed by atoms with Gasteiger partial charge in [-0.25, -0.2) is 9.78 Å². The number of aryl methyl sites for hydroxylation is 1. The molecule has 1 aromatic rings. The van der Waals surface area contributed by atoms with E-state index in [9.17, 15) is 4.79 Å². The first-order chi connectivity index (χ1) is 7.58. The molecule has 16 heavy (non-hydrogen) atoms. The zero-order valence-corrected chi connectivity index (χ0v) is 10.8. The molecule has 5 heteroatoms. The van der Waals surface area contributed by atoms with Crippen molar-refractivity contribution in [3.05, 3.63) is 11.1 Å². The van der Waals surface area contributed by atoms with E-state index in [1.54, 1.807) is 4.90 Å². The maximum absolute atomic E-state index is 12.1. The van der Waals surface area contributed by atoms with Crippen LogP contribution in [0.5, 0.6) is 0 Å². The summed E-state index contributed by atoms with van der Waals surface area (Å²) in [5.74, 6) is 0.516. The molecule has 1 aliphatic rings. The molecule has 2 heterocycles. The number of nitrogens with zero attached hydrogens (tertiary/aromatic N) is 3. The van der Waals surface area contributed by atoms with Crippen molar-refractivity contribution in [1.82, 2.24) is 9.88 Å². The van der Waals surface area contributed by atoms with E-state index in [1.807, 2.05) is 17.2 Å². The van der Waals surface area contributed by atoms with Crippen LogP contribution in [0.25, 0.3) is 0 Å². The van der Waals surface area contributed by atoms with Crippen LogP contribution in [0.4, 0.5) is 9.93 Å². The minimum absolute atomic E-state index is 0.100. The molecule has 0 bridgehead atoms. The van der Waals surface area contributed by atoms with E-state index >= 15 is 0 Å². The fraction of sp³-hybridized carbons (Fsp3) is 0.636. The molecule has 2 amide bonds. The maximum atomic E-state index is 12.1. The van der Waals surface area contributed by atoms with Gasteiger partial charge in [0.25, 0.3) is 0 Å². The summed E-state index contributed by atoms with van der Waals surface area (Å²) in [6.45, 7) is 8.62. The van der Waals surface area contributed by atoms with Crippen LogP contribution in [0.1, 0.15) is 19.5 Å². The van der Waals surface area contributed by atoms with Crippen LogP contribution in [-0.2, 0) is 0 Å². The average molecular weight is 239 g/mol. The standard InChI is InChI=1S/C11H17N3OS/c1-8(2)6-13-4-5-14(11(13)15)10-12-9(3)7-16-10/h7-8H,4-6H2,1-3H3. The highest BCUT2D eigenvalue weighted by molar-refractivity contribution is 7.14. The van der Waals surface area contributed by atoms with Crippen LogP contribution in [-0.4, -0.2) is 35.5 Å². The molecular formula is C11H17N3OS. The van der Waals surface area contributed by atoms with Crippen LogP contribution in [0, 0.1) is 12.8 Å². The van der Waals surface area contributed by atoms with Gasteiger partial charge < -0.3 is 4.90 Å². The number of hydrogen-bond donors (Lipinski definition) is 0. The Morgan fingerprint density at radius 2 is 2.25 bits per heavy atom. The monoisotopic (exact) mass is 239 g/mol. The topological polar surface area (TPSA) is 36.4 Å². The Kier molecular flexibility index (Phi) is 3.14. The lowest BCUT2D eigenvalue weighted by molar-refractivity contribution is 0.215. The molecule has 1 aliphatic heterocycles. The summed E-state index contributed by atoms with van der Waals surface area (Å²) < 4.78 is 0. The Morgan fingerprint density at radius 1 is 1.50 bits per heavy atom. The molecule has 0 aliphatic carbocycles. The van der Waals surface area contributed by atoms with Gasteiger partial charge in [-0.2, -0.15) is 0 Å². The zero-order chi connectivity index (χ0) is 11.7. The van der Waals surface area contributed by atoms with Gasteiger partial charge in [-0.05, 0) is 12.8 Å². The number of hydrogen-bond acceptors (Lipinski definition) is 3. The molecule has 88 valence electrons. The van der Waals surface area contributed by atoms with Crippen molar-refractivity contribution in [2.45, 2.75) is 20.8 Å². The first kappa shape index (κ1) is 11.4. The summed E-state index contributed by atoms with van der Waals surface area (Å²) in [5.41, 5.74) is 0.982. The largest absolute Gasteiger partial charge is 0.326 e. The van der Waals surface area contributed by atoms with Gasteiger partial charge in [-0.15, -0.1) is 11.3 Å². The average Bonchev–Trinajstić information content (AvgIpc) is 2.74. The van der Waals surface area contributed by atoms with Gasteiger partial charge in [-0.1, -0.05) is 13.8 Å². The summed E-state index contributed by atoms with van der Waals surface area (Å²) >= 11 is 1.54. The lowest BCUT2D eigenvalue weighted by Gasteiger charge is -2.18. The van der Waals surface area contributed by atoms with E-state index in [2.05, 4.69) is 18.8 Å². The Bertz CT molecular complexity index is 388. The van der Waals surface area contributed by atoms with Gasteiger partial charge in [-0.3, -0.25) is 4.90 Å². The number of anilines is 1. The second-order valence-corrected chi connectivity index (χ2v) is 5.38. The van der Waals surface area contributed by atoms with Crippen molar-refractivity contribution in [2.24, 2.45) is 5.92 Å². The summed E-state index contributed by atoms with van der Waals surface area (Å²) in [5, 5.41) is 2.81. The van der Waals surface area contributed by atoms with Crippen LogP contribution >= 0.6 is 11.3 Å². The smallest absolute Gasteiger partial charge is 0.322 e. The Morgan fingerprint density at radius 3 is 2.81 bits per heavy atom. The normalized spacial score (nSPS) is 16.6. The van der Waals surface area contributed by atoms with Gasteiger partial charge >= 0.3 is 6.03 Å². The SMILES string of the molecule is Cc1csc(N2CCN(CC(C)C)C2=O)n1. The number of thiazole rings is 1. The lowest BCUT2D eigenvalue weighted by atomic mass is 10.2. The van der Waals surface area contributed by atoms with Gasteiger partial charge in [0, 0.05) is 25.0 Å². The number of urea groups is 1. The summed E-state index contributed by atoms with van der Waals surface area (Å²) in [6, 6.07) is 0.100. The molecule has 0 unspecified atom stereocenters. The first-order valence-corrected chi connectivity index (χ1v) is 6.44. The van der Waals surface area contributed by atoms with Crippen molar-refractivity contribution in [3.63, 3.8) is 0 Å². The lowest BCUT2D eigenvalue weighted by Crippen LogP contribution is -2.34. The quantitative estimate of drug-likeness (QED) is 0.811. The van der Waals surface area contributed by atoms with E-state index in [0.29, 0.717) is 5.92 Å². The van der Waals surface area contributed by atoms with Gasteiger partial charge in [0.05, 0.1) is 5.69 Å². The van der Waals surface area contributed by atoms with E-state index in [0.717, 1.165) is 30.5 Å². The molecule has 0 radical (unpaired) electrons. The van der Waals surface area contributed by atoms with Crippen LogP contribution in [0.2, 0.25) is 0 Å². The van der Waals surface area contributed by atoms with Crippen LogP contribution in [0.3, 0.4) is 0 Å². The first-order valence-electron chi connectivity index (χ1n) is 5.56. The second kappa shape index (κ2) is 4.41. The van der Waals surface area contributed by atoms with Gasteiger partial charge in [0.2, 0.25) is 0 Å². The van der Waals surface area contributed by atoms with Crippen molar-refractivity contribution < 1.29 is 4.79 Å². The number of aromatic nitrogens is 1. The molecule has 1 fully saturated rings. The minimum atomic E-state index is 0.100. The second-order valence-electron chi connectivity index (χ2n) is 4.55. The molecular weight excluding hydrogens is 222 g/mol. The Balaban J connectivity index is 2.07. The third kappa shape index (κ3) is 2.19. The molecule has 0 N–H and O–H groups in total. The fourth-order valence-electron chi connectivity index (χ4n) is 1.84. The maximum Gasteiger partial charge on any atom is 0.326 e. The summed E-state index contributed by atoms with van der Waals surface area (Å²) in [7, 11) is 0. The third-order valence-corrected chi connectivity index (χ3v) is 3.50. The van der Waals surface area contributed by atoms with Crippen molar-refractivity contribution >= 4 is 22.5 Å². The van der Waals surface area contributed by atoms with E-state index in [4.69, 9.17) is 0 Å². The van der Waals surface area contributed by atoms with Gasteiger partial charge in [0.15, 0.2) is 5.13 Å². The number of carbonyl (C=O) groups excluding carboxylic acids is 1. The van der Waals surface area contributed by atoms with E-state index < -0.39 is 0 Å². The zero-order valence-electron chi connectivity index (χ0n) is 9.93. The minimum Gasteiger partial charge on any atom is -0.322 e. The third-order valence-electron chi connectivity index (χ3n) is 2.52. The Labute approximate surface area is 99.9 Å². The predicted octanol–water partition coefficient (Wildman–Crippen LogP) is 2.35. The summed E-state index contributed by atoms with van der Waals surface area (Å²) in [4.78, 5) is 20.1. The Hall–Kier alpha value is -1.10. The molecule has 0 aromatic carbocycles. The molecule has 0 spiro atoms. The van der Waals surface area contributed by atoms with Crippen LogP contribution in [0.15, 0.2) is 5.38 Å². The highest BCUT2D eigenvalue weighted by Crippen LogP contribution is 2.24. The van der Waals surface area contributed by atoms with E-state index in [1.165, 1.54) is 11.3 Å². The molecule has 2 rings (SSSR count).